The lowest BCUT2D eigenvalue weighted by Gasteiger charge is -2.21. The SMILES string of the molecule is CCN(Cc1c(Cl)ccc2cccnc12)CC1CC1. The first-order valence-corrected chi connectivity index (χ1v) is 7.40. The van der Waals surface area contributed by atoms with E-state index in [2.05, 4.69) is 22.9 Å². The normalized spacial score (nSPS) is 15.3. The van der Waals surface area contributed by atoms with Crippen molar-refractivity contribution in [1.29, 1.82) is 0 Å². The van der Waals surface area contributed by atoms with Crippen molar-refractivity contribution in [2.24, 2.45) is 5.92 Å². The van der Waals surface area contributed by atoms with Gasteiger partial charge in [0.15, 0.2) is 0 Å². The number of fused-ring (bicyclic) bond motifs is 1. The summed E-state index contributed by atoms with van der Waals surface area (Å²) in [5.41, 5.74) is 2.21. The molecule has 1 aliphatic rings. The van der Waals surface area contributed by atoms with Gasteiger partial charge in [-0.05, 0) is 37.4 Å². The molecule has 0 aliphatic heterocycles. The van der Waals surface area contributed by atoms with Gasteiger partial charge in [-0.3, -0.25) is 9.88 Å². The van der Waals surface area contributed by atoms with Crippen LogP contribution in [0.2, 0.25) is 5.02 Å². The van der Waals surface area contributed by atoms with Crippen LogP contribution in [-0.4, -0.2) is 23.0 Å². The lowest BCUT2D eigenvalue weighted by molar-refractivity contribution is 0.269. The molecule has 1 heterocycles. The van der Waals surface area contributed by atoms with Gasteiger partial charge in [-0.1, -0.05) is 30.7 Å². The van der Waals surface area contributed by atoms with Crippen molar-refractivity contribution in [2.45, 2.75) is 26.3 Å². The average molecular weight is 275 g/mol. The molecule has 0 bridgehead atoms. The molecule has 0 atom stereocenters. The summed E-state index contributed by atoms with van der Waals surface area (Å²) in [6.07, 6.45) is 4.62. The van der Waals surface area contributed by atoms with Crippen LogP contribution in [0.25, 0.3) is 10.9 Å². The zero-order chi connectivity index (χ0) is 13.2. The molecular formula is C16H19ClN2. The second-order valence-electron chi connectivity index (χ2n) is 5.37. The monoisotopic (exact) mass is 274 g/mol. The van der Waals surface area contributed by atoms with E-state index in [9.17, 15) is 0 Å². The highest BCUT2D eigenvalue weighted by atomic mass is 35.5. The van der Waals surface area contributed by atoms with Gasteiger partial charge in [0.2, 0.25) is 0 Å². The highest BCUT2D eigenvalue weighted by molar-refractivity contribution is 6.32. The van der Waals surface area contributed by atoms with E-state index >= 15 is 0 Å². The largest absolute Gasteiger partial charge is 0.299 e. The molecular weight excluding hydrogens is 256 g/mol. The van der Waals surface area contributed by atoms with Crippen LogP contribution in [0.3, 0.4) is 0 Å². The highest BCUT2D eigenvalue weighted by Crippen LogP contribution is 2.31. The third kappa shape index (κ3) is 2.90. The maximum absolute atomic E-state index is 6.39. The lowest BCUT2D eigenvalue weighted by atomic mass is 10.1. The molecule has 0 radical (unpaired) electrons. The first kappa shape index (κ1) is 12.9. The van der Waals surface area contributed by atoms with Crippen LogP contribution in [-0.2, 0) is 6.54 Å². The molecule has 1 aromatic carbocycles. The number of halogens is 1. The standard InChI is InChI=1S/C16H19ClN2/c1-2-19(10-12-5-6-12)11-14-15(17)8-7-13-4-3-9-18-16(13)14/h3-4,7-9,12H,2,5-6,10-11H2,1H3. The zero-order valence-electron chi connectivity index (χ0n) is 11.3. The second kappa shape index (κ2) is 5.48. The predicted molar refractivity (Wildman–Crippen MR) is 80.4 cm³/mol. The number of hydrogen-bond acceptors (Lipinski definition) is 2. The summed E-state index contributed by atoms with van der Waals surface area (Å²) in [4.78, 5) is 6.99. The molecule has 1 saturated carbocycles. The quantitative estimate of drug-likeness (QED) is 0.815. The highest BCUT2D eigenvalue weighted by Gasteiger charge is 2.24. The Morgan fingerprint density at radius 2 is 2.16 bits per heavy atom. The lowest BCUT2D eigenvalue weighted by Crippen LogP contribution is -2.25. The van der Waals surface area contributed by atoms with Gasteiger partial charge in [0.05, 0.1) is 5.52 Å². The fourth-order valence-electron chi connectivity index (χ4n) is 2.53. The molecule has 0 spiro atoms. The van der Waals surface area contributed by atoms with E-state index < -0.39 is 0 Å². The number of benzene rings is 1. The van der Waals surface area contributed by atoms with Gasteiger partial charge < -0.3 is 0 Å². The summed E-state index contributed by atoms with van der Waals surface area (Å²) < 4.78 is 0. The summed E-state index contributed by atoms with van der Waals surface area (Å²) in [5, 5.41) is 2.00. The second-order valence-corrected chi connectivity index (χ2v) is 5.78. The van der Waals surface area contributed by atoms with E-state index in [-0.39, 0.29) is 0 Å². The van der Waals surface area contributed by atoms with Crippen LogP contribution in [0, 0.1) is 5.92 Å². The topological polar surface area (TPSA) is 16.1 Å². The number of nitrogens with zero attached hydrogens (tertiary/aromatic N) is 2. The number of pyridine rings is 1. The summed E-state index contributed by atoms with van der Waals surface area (Å²) in [7, 11) is 0. The van der Waals surface area contributed by atoms with Crippen molar-refractivity contribution in [3.63, 3.8) is 0 Å². The Morgan fingerprint density at radius 3 is 2.89 bits per heavy atom. The molecule has 0 unspecified atom stereocenters. The van der Waals surface area contributed by atoms with E-state index in [0.29, 0.717) is 0 Å². The van der Waals surface area contributed by atoms with Crippen molar-refractivity contribution < 1.29 is 0 Å². The fourth-order valence-corrected chi connectivity index (χ4v) is 2.74. The molecule has 100 valence electrons. The predicted octanol–water partition coefficient (Wildman–Crippen LogP) is 4.12. The maximum atomic E-state index is 6.39. The molecule has 0 amide bonds. The van der Waals surface area contributed by atoms with Crippen molar-refractivity contribution >= 4 is 22.5 Å². The Labute approximate surface area is 119 Å². The molecule has 2 aromatic rings. The van der Waals surface area contributed by atoms with E-state index in [1.807, 2.05) is 24.4 Å². The van der Waals surface area contributed by atoms with Crippen molar-refractivity contribution in [3.8, 4) is 0 Å². The van der Waals surface area contributed by atoms with E-state index in [4.69, 9.17) is 11.6 Å². The van der Waals surface area contributed by atoms with Crippen LogP contribution in [0.4, 0.5) is 0 Å². The smallest absolute Gasteiger partial charge is 0.0761 e. The van der Waals surface area contributed by atoms with Crippen molar-refractivity contribution in [2.75, 3.05) is 13.1 Å². The van der Waals surface area contributed by atoms with Gasteiger partial charge in [0, 0.05) is 35.3 Å². The van der Waals surface area contributed by atoms with Crippen LogP contribution < -0.4 is 0 Å². The number of rotatable bonds is 5. The first-order chi connectivity index (χ1) is 9.28. The molecule has 19 heavy (non-hydrogen) atoms. The number of hydrogen-bond donors (Lipinski definition) is 0. The Bertz CT molecular complexity index is 578. The fraction of sp³-hybridized carbons (Fsp3) is 0.438. The summed E-state index contributed by atoms with van der Waals surface area (Å²) in [5.74, 6) is 0.904. The molecule has 3 rings (SSSR count). The third-order valence-electron chi connectivity index (χ3n) is 3.86. The Kier molecular flexibility index (Phi) is 3.72. The Balaban J connectivity index is 1.91. The van der Waals surface area contributed by atoms with Gasteiger partial charge in [0.1, 0.15) is 0 Å². The van der Waals surface area contributed by atoms with Gasteiger partial charge >= 0.3 is 0 Å². The summed E-state index contributed by atoms with van der Waals surface area (Å²) in [6, 6.07) is 8.11. The Hall–Kier alpha value is -1.12. The Morgan fingerprint density at radius 1 is 1.32 bits per heavy atom. The maximum Gasteiger partial charge on any atom is 0.0761 e. The molecule has 0 saturated heterocycles. The number of aromatic nitrogens is 1. The third-order valence-corrected chi connectivity index (χ3v) is 4.22. The van der Waals surface area contributed by atoms with Gasteiger partial charge in [-0.2, -0.15) is 0 Å². The minimum atomic E-state index is 0.834. The average Bonchev–Trinajstić information content (AvgIpc) is 3.25. The first-order valence-electron chi connectivity index (χ1n) is 7.02. The molecule has 0 N–H and O–H groups in total. The molecule has 2 nitrogen and oxygen atoms in total. The van der Waals surface area contributed by atoms with Crippen LogP contribution in [0.5, 0.6) is 0 Å². The van der Waals surface area contributed by atoms with Gasteiger partial charge in [0.25, 0.3) is 0 Å². The summed E-state index contributed by atoms with van der Waals surface area (Å²) in [6.45, 7) is 5.38. The molecule has 1 aromatic heterocycles. The van der Waals surface area contributed by atoms with Crippen molar-refractivity contribution in [3.05, 3.63) is 41.0 Å². The van der Waals surface area contributed by atoms with Crippen molar-refractivity contribution in [1.82, 2.24) is 9.88 Å². The van der Waals surface area contributed by atoms with E-state index in [1.165, 1.54) is 30.3 Å². The molecule has 1 aliphatic carbocycles. The molecule has 3 heteroatoms. The minimum absolute atomic E-state index is 0.834. The summed E-state index contributed by atoms with van der Waals surface area (Å²) >= 11 is 6.39. The molecule has 1 fully saturated rings. The van der Waals surface area contributed by atoms with Gasteiger partial charge in [-0.25, -0.2) is 0 Å². The van der Waals surface area contributed by atoms with Gasteiger partial charge in [-0.15, -0.1) is 0 Å². The zero-order valence-corrected chi connectivity index (χ0v) is 12.0. The van der Waals surface area contributed by atoms with Crippen LogP contribution in [0.1, 0.15) is 25.3 Å². The van der Waals surface area contributed by atoms with E-state index in [1.54, 1.807) is 0 Å². The van der Waals surface area contributed by atoms with E-state index in [0.717, 1.165) is 29.5 Å². The van der Waals surface area contributed by atoms with Crippen LogP contribution >= 0.6 is 11.6 Å². The van der Waals surface area contributed by atoms with Crippen LogP contribution in [0.15, 0.2) is 30.5 Å². The minimum Gasteiger partial charge on any atom is -0.299 e.